The number of hydrogen-bond donors (Lipinski definition) is 1. The van der Waals surface area contributed by atoms with Gasteiger partial charge >= 0.3 is 5.97 Å². The molecule has 0 spiro atoms. The van der Waals surface area contributed by atoms with Crippen molar-refractivity contribution in [1.29, 1.82) is 0 Å². The molecule has 6 heteroatoms. The van der Waals surface area contributed by atoms with Crippen LogP contribution in [0.25, 0.3) is 32.8 Å². The van der Waals surface area contributed by atoms with Crippen LogP contribution in [0.4, 0.5) is 5.13 Å². The fraction of sp³-hybridized carbons (Fsp3) is 0.0385. The van der Waals surface area contributed by atoms with Crippen molar-refractivity contribution >= 4 is 49.9 Å². The predicted molar refractivity (Wildman–Crippen MR) is 128 cm³/mol. The lowest BCUT2D eigenvalue weighted by Crippen LogP contribution is -2.21. The third-order valence-electron chi connectivity index (χ3n) is 5.13. The number of hydrogen-bond acceptors (Lipinski definition) is 5. The van der Waals surface area contributed by atoms with E-state index in [0.29, 0.717) is 10.7 Å². The Balaban J connectivity index is 1.32. The molecule has 0 unspecified atom stereocenters. The number of ether oxygens (including phenoxy) is 1. The molecular weight excluding hydrogens is 420 g/mol. The highest BCUT2D eigenvalue weighted by Gasteiger charge is 2.18. The van der Waals surface area contributed by atoms with E-state index in [1.165, 1.54) is 11.3 Å². The molecule has 0 aliphatic carbocycles. The van der Waals surface area contributed by atoms with Gasteiger partial charge in [0.1, 0.15) is 0 Å². The van der Waals surface area contributed by atoms with Crippen LogP contribution < -0.4 is 5.32 Å². The van der Waals surface area contributed by atoms with Gasteiger partial charge in [0.05, 0.1) is 11.3 Å². The molecule has 0 bridgehead atoms. The maximum atomic E-state index is 13.0. The summed E-state index contributed by atoms with van der Waals surface area (Å²) in [4.78, 5) is 29.8. The lowest BCUT2D eigenvalue weighted by Gasteiger charge is -2.11. The van der Waals surface area contributed by atoms with Gasteiger partial charge in [0.25, 0.3) is 5.91 Å². The molecule has 4 aromatic carbocycles. The number of nitrogens with zero attached hydrogens (tertiary/aromatic N) is 1. The summed E-state index contributed by atoms with van der Waals surface area (Å²) in [7, 11) is 0. The number of fused-ring (bicyclic) bond motifs is 2. The molecule has 1 N–H and O–H groups in total. The molecule has 1 aromatic heterocycles. The van der Waals surface area contributed by atoms with Crippen LogP contribution in [0.3, 0.4) is 0 Å². The monoisotopic (exact) mass is 438 g/mol. The second-order valence-corrected chi connectivity index (χ2v) is 8.08. The quantitative estimate of drug-likeness (QED) is 0.273. The average Bonchev–Trinajstić information content (AvgIpc) is 3.30. The first-order valence-electron chi connectivity index (χ1n) is 10.1. The summed E-state index contributed by atoms with van der Waals surface area (Å²) in [6, 6.07) is 27.1. The Morgan fingerprint density at radius 1 is 0.844 bits per heavy atom. The summed E-state index contributed by atoms with van der Waals surface area (Å²) in [5.41, 5.74) is 2.22. The molecule has 0 atom stereocenters. The van der Waals surface area contributed by atoms with Gasteiger partial charge in [0, 0.05) is 10.9 Å². The lowest BCUT2D eigenvalue weighted by molar-refractivity contribution is -0.119. The maximum Gasteiger partial charge on any atom is 0.339 e. The van der Waals surface area contributed by atoms with Crippen molar-refractivity contribution in [3.63, 3.8) is 0 Å². The predicted octanol–water partition coefficient (Wildman–Crippen LogP) is 5.91. The van der Waals surface area contributed by atoms with Gasteiger partial charge in [-0.25, -0.2) is 9.78 Å². The molecule has 1 heterocycles. The summed E-state index contributed by atoms with van der Waals surface area (Å²) >= 11 is 1.32. The fourth-order valence-electron chi connectivity index (χ4n) is 3.66. The number of anilines is 1. The number of thiazole rings is 1. The second-order valence-electron chi connectivity index (χ2n) is 7.22. The van der Waals surface area contributed by atoms with E-state index in [1.54, 1.807) is 0 Å². The number of aromatic nitrogens is 1. The van der Waals surface area contributed by atoms with Crippen molar-refractivity contribution in [2.75, 3.05) is 11.9 Å². The Kier molecular flexibility index (Phi) is 5.35. The normalized spacial score (nSPS) is 10.9. The molecule has 0 aliphatic rings. The summed E-state index contributed by atoms with van der Waals surface area (Å²) < 4.78 is 5.40. The van der Waals surface area contributed by atoms with Crippen LogP contribution in [-0.2, 0) is 9.53 Å². The van der Waals surface area contributed by atoms with Gasteiger partial charge in [-0.15, -0.1) is 11.3 Å². The maximum absolute atomic E-state index is 13.0. The van der Waals surface area contributed by atoms with E-state index in [-0.39, 0.29) is 0 Å². The van der Waals surface area contributed by atoms with Crippen LogP contribution in [0, 0.1) is 0 Å². The Hall–Kier alpha value is -4.03. The molecule has 0 radical (unpaired) electrons. The van der Waals surface area contributed by atoms with Crippen molar-refractivity contribution in [3.05, 3.63) is 95.9 Å². The van der Waals surface area contributed by atoms with Crippen molar-refractivity contribution in [2.24, 2.45) is 0 Å². The second kappa shape index (κ2) is 8.61. The minimum atomic E-state index is -0.530. The molecule has 0 saturated carbocycles. The highest BCUT2D eigenvalue weighted by Crippen LogP contribution is 2.29. The minimum absolute atomic E-state index is 0.392. The van der Waals surface area contributed by atoms with Crippen molar-refractivity contribution in [2.45, 2.75) is 0 Å². The number of amides is 1. The molecule has 156 valence electrons. The van der Waals surface area contributed by atoms with Crippen LogP contribution in [0.2, 0.25) is 0 Å². The molecule has 0 fully saturated rings. The van der Waals surface area contributed by atoms with Crippen molar-refractivity contribution < 1.29 is 14.3 Å². The molecule has 0 aliphatic heterocycles. The highest BCUT2D eigenvalue weighted by molar-refractivity contribution is 7.14. The van der Waals surface area contributed by atoms with E-state index in [4.69, 9.17) is 4.74 Å². The summed E-state index contributed by atoms with van der Waals surface area (Å²) in [5, 5.41) is 8.52. The largest absolute Gasteiger partial charge is 0.452 e. The van der Waals surface area contributed by atoms with Crippen LogP contribution in [0.1, 0.15) is 10.4 Å². The minimum Gasteiger partial charge on any atom is -0.452 e. The molecule has 5 nitrogen and oxygen atoms in total. The van der Waals surface area contributed by atoms with Crippen LogP contribution >= 0.6 is 11.3 Å². The first kappa shape index (κ1) is 19.9. The molecule has 1 amide bonds. The third kappa shape index (κ3) is 3.96. The number of benzene rings is 4. The summed E-state index contributed by atoms with van der Waals surface area (Å²) in [6.07, 6.45) is 0. The van der Waals surface area contributed by atoms with Gasteiger partial charge in [-0.2, -0.15) is 0 Å². The Bertz CT molecular complexity index is 1390. The fourth-order valence-corrected chi connectivity index (χ4v) is 4.40. The van der Waals surface area contributed by atoms with Gasteiger partial charge in [-0.1, -0.05) is 78.9 Å². The van der Waals surface area contributed by atoms with Gasteiger partial charge in [-0.3, -0.25) is 10.1 Å². The molecular formula is C26H18N2O3S. The molecule has 32 heavy (non-hydrogen) atoms. The van der Waals surface area contributed by atoms with Crippen molar-refractivity contribution in [3.8, 4) is 11.3 Å². The van der Waals surface area contributed by atoms with E-state index in [0.717, 1.165) is 32.8 Å². The van der Waals surface area contributed by atoms with Crippen LogP contribution in [0.5, 0.6) is 0 Å². The van der Waals surface area contributed by atoms with Gasteiger partial charge in [-0.05, 0) is 27.6 Å². The molecule has 5 aromatic rings. The Morgan fingerprint density at radius 3 is 2.16 bits per heavy atom. The van der Waals surface area contributed by atoms with Crippen LogP contribution in [0.15, 0.2) is 90.3 Å². The summed E-state index contributed by atoms with van der Waals surface area (Å²) in [6.45, 7) is -0.392. The smallest absolute Gasteiger partial charge is 0.339 e. The topological polar surface area (TPSA) is 68.3 Å². The average molecular weight is 439 g/mol. The number of nitrogens with one attached hydrogen (secondary N) is 1. The van der Waals surface area contributed by atoms with E-state index in [2.05, 4.69) is 10.3 Å². The summed E-state index contributed by atoms with van der Waals surface area (Å²) in [5.74, 6) is -0.964. The van der Waals surface area contributed by atoms with E-state index < -0.39 is 18.5 Å². The number of carbonyl (C=O) groups excluding carboxylic acids is 2. The zero-order chi connectivity index (χ0) is 21.9. The third-order valence-corrected chi connectivity index (χ3v) is 5.89. The molecule has 0 saturated heterocycles. The van der Waals surface area contributed by atoms with Gasteiger partial charge in [0.15, 0.2) is 11.7 Å². The van der Waals surface area contributed by atoms with E-state index in [1.807, 2.05) is 90.3 Å². The Labute approximate surface area is 188 Å². The lowest BCUT2D eigenvalue weighted by atomic mass is 9.97. The first-order valence-corrected chi connectivity index (χ1v) is 11.0. The highest BCUT2D eigenvalue weighted by atomic mass is 32.1. The zero-order valence-corrected chi connectivity index (χ0v) is 17.8. The van der Waals surface area contributed by atoms with Crippen LogP contribution in [-0.4, -0.2) is 23.5 Å². The zero-order valence-electron chi connectivity index (χ0n) is 16.9. The number of carbonyl (C=O) groups is 2. The molecule has 5 rings (SSSR count). The Morgan fingerprint density at radius 2 is 1.47 bits per heavy atom. The number of rotatable bonds is 5. The standard InChI is InChI=1S/C26H18N2O3S/c29-23(28-26-27-22(16-32-26)17-8-2-1-3-9-17)15-31-25(30)24-20-12-6-4-10-18(20)14-19-11-5-7-13-21(19)24/h1-14,16H,15H2,(H,27,28,29). The van der Waals surface area contributed by atoms with Gasteiger partial charge < -0.3 is 4.74 Å². The van der Waals surface area contributed by atoms with Crippen molar-refractivity contribution in [1.82, 2.24) is 4.98 Å². The van der Waals surface area contributed by atoms with E-state index in [9.17, 15) is 9.59 Å². The SMILES string of the molecule is O=C(COC(=O)c1c2ccccc2cc2ccccc12)Nc1nc(-c2ccccc2)cs1. The van der Waals surface area contributed by atoms with Gasteiger partial charge in [0.2, 0.25) is 0 Å². The number of esters is 1. The van der Waals surface area contributed by atoms with E-state index >= 15 is 0 Å². The first-order chi connectivity index (χ1) is 15.7.